The number of nitrogen functional groups attached to an aromatic ring is 1. The van der Waals surface area contributed by atoms with Crippen molar-refractivity contribution in [3.8, 4) is 0 Å². The molecule has 1 fully saturated rings. The van der Waals surface area contributed by atoms with Crippen LogP contribution in [-0.4, -0.2) is 22.9 Å². The molecule has 0 bridgehead atoms. The summed E-state index contributed by atoms with van der Waals surface area (Å²) in [5.74, 6) is 1.68. The lowest BCUT2D eigenvalue weighted by Gasteiger charge is -2.13. The van der Waals surface area contributed by atoms with Crippen LogP contribution >= 0.6 is 15.9 Å². The molecule has 0 saturated carbocycles. The van der Waals surface area contributed by atoms with Crippen molar-refractivity contribution in [2.75, 3.05) is 23.7 Å². The van der Waals surface area contributed by atoms with E-state index in [0.717, 1.165) is 23.4 Å². The van der Waals surface area contributed by atoms with E-state index in [1.807, 2.05) is 7.05 Å². The first-order chi connectivity index (χ1) is 6.20. The fraction of sp³-hybridized carbons (Fsp3) is 0.625. The van der Waals surface area contributed by atoms with Crippen LogP contribution in [0.1, 0.15) is 12.8 Å². The van der Waals surface area contributed by atoms with Crippen LogP contribution in [0.2, 0.25) is 0 Å². The third kappa shape index (κ3) is 1.41. The molecule has 1 aromatic heterocycles. The van der Waals surface area contributed by atoms with Gasteiger partial charge in [-0.1, -0.05) is 0 Å². The van der Waals surface area contributed by atoms with Crippen molar-refractivity contribution >= 4 is 27.6 Å². The number of hydrogen-bond acceptors (Lipinski definition) is 3. The Bertz CT molecular complexity index is 314. The second-order valence-corrected chi connectivity index (χ2v) is 4.13. The largest absolute Gasteiger partial charge is 0.383 e. The van der Waals surface area contributed by atoms with E-state index >= 15 is 0 Å². The fourth-order valence-electron chi connectivity index (χ4n) is 1.63. The average molecular weight is 245 g/mol. The first kappa shape index (κ1) is 8.87. The van der Waals surface area contributed by atoms with Crippen LogP contribution in [-0.2, 0) is 7.05 Å². The highest BCUT2D eigenvalue weighted by atomic mass is 79.9. The van der Waals surface area contributed by atoms with Gasteiger partial charge in [0.05, 0.1) is 0 Å². The van der Waals surface area contributed by atoms with Crippen LogP contribution in [0.15, 0.2) is 4.47 Å². The number of nitrogens with zero attached hydrogens (tertiary/aromatic N) is 3. The molecule has 0 unspecified atom stereocenters. The number of hydrogen-bond donors (Lipinski definition) is 1. The normalized spacial score (nSPS) is 16.9. The molecule has 0 spiro atoms. The van der Waals surface area contributed by atoms with Gasteiger partial charge in [0.15, 0.2) is 5.82 Å². The van der Waals surface area contributed by atoms with E-state index in [9.17, 15) is 0 Å². The Morgan fingerprint density at radius 3 is 2.46 bits per heavy atom. The van der Waals surface area contributed by atoms with Gasteiger partial charge in [-0.25, -0.2) is 4.68 Å². The minimum Gasteiger partial charge on any atom is -0.383 e. The monoisotopic (exact) mass is 244 g/mol. The zero-order valence-electron chi connectivity index (χ0n) is 7.63. The van der Waals surface area contributed by atoms with Gasteiger partial charge < -0.3 is 10.6 Å². The Morgan fingerprint density at radius 2 is 2.00 bits per heavy atom. The Morgan fingerprint density at radius 1 is 1.38 bits per heavy atom. The van der Waals surface area contributed by atoms with Gasteiger partial charge in [0.25, 0.3) is 0 Å². The van der Waals surface area contributed by atoms with Gasteiger partial charge in [-0.05, 0) is 28.8 Å². The lowest BCUT2D eigenvalue weighted by molar-refractivity contribution is 0.764. The predicted octanol–water partition coefficient (Wildman–Crippen LogP) is 1.36. The first-order valence-corrected chi connectivity index (χ1v) is 5.22. The van der Waals surface area contributed by atoms with Crippen molar-refractivity contribution in [2.24, 2.45) is 7.05 Å². The fourth-order valence-corrected chi connectivity index (χ4v) is 2.21. The SMILES string of the molecule is Cn1nc(N2CCCC2)c(Br)c1N. The zero-order chi connectivity index (χ0) is 9.42. The quantitative estimate of drug-likeness (QED) is 0.812. The third-order valence-corrected chi connectivity index (χ3v) is 3.18. The van der Waals surface area contributed by atoms with E-state index < -0.39 is 0 Å². The molecule has 0 radical (unpaired) electrons. The maximum atomic E-state index is 5.80. The molecule has 1 aliphatic heterocycles. The van der Waals surface area contributed by atoms with Gasteiger partial charge in [0.1, 0.15) is 10.3 Å². The standard InChI is InChI=1S/C8H13BrN4/c1-12-7(10)6(9)8(11-12)13-4-2-3-5-13/h2-5,10H2,1H3. The molecule has 0 aliphatic carbocycles. The molecule has 1 saturated heterocycles. The Hall–Kier alpha value is -0.710. The van der Waals surface area contributed by atoms with E-state index in [2.05, 4.69) is 25.9 Å². The second-order valence-electron chi connectivity index (χ2n) is 3.34. The number of nitrogens with two attached hydrogens (primary N) is 1. The summed E-state index contributed by atoms with van der Waals surface area (Å²) in [7, 11) is 1.86. The van der Waals surface area contributed by atoms with Crippen molar-refractivity contribution in [3.05, 3.63) is 4.47 Å². The van der Waals surface area contributed by atoms with Crippen LogP contribution in [0.3, 0.4) is 0 Å². The Balaban J connectivity index is 2.34. The van der Waals surface area contributed by atoms with E-state index in [-0.39, 0.29) is 0 Å². The number of rotatable bonds is 1. The summed E-state index contributed by atoms with van der Waals surface area (Å²) in [4.78, 5) is 2.26. The molecular formula is C8H13BrN4. The lowest BCUT2D eigenvalue weighted by Crippen LogP contribution is -2.18. The van der Waals surface area contributed by atoms with Gasteiger partial charge in [0, 0.05) is 20.1 Å². The summed E-state index contributed by atoms with van der Waals surface area (Å²) in [5, 5.41) is 4.36. The molecule has 0 amide bonds. The smallest absolute Gasteiger partial charge is 0.167 e. The van der Waals surface area contributed by atoms with Crippen molar-refractivity contribution in [1.29, 1.82) is 0 Å². The van der Waals surface area contributed by atoms with Gasteiger partial charge in [-0.3, -0.25) is 0 Å². The molecule has 4 nitrogen and oxygen atoms in total. The molecule has 0 atom stereocenters. The highest BCUT2D eigenvalue weighted by Gasteiger charge is 2.20. The van der Waals surface area contributed by atoms with Gasteiger partial charge >= 0.3 is 0 Å². The van der Waals surface area contributed by atoms with Crippen LogP contribution < -0.4 is 10.6 Å². The van der Waals surface area contributed by atoms with Gasteiger partial charge in [0.2, 0.25) is 0 Å². The predicted molar refractivity (Wildman–Crippen MR) is 56.8 cm³/mol. The van der Waals surface area contributed by atoms with E-state index in [4.69, 9.17) is 5.73 Å². The Kier molecular flexibility index (Phi) is 2.19. The second kappa shape index (κ2) is 3.21. The number of aromatic nitrogens is 2. The molecule has 72 valence electrons. The van der Waals surface area contributed by atoms with Crippen LogP contribution in [0.5, 0.6) is 0 Å². The molecule has 13 heavy (non-hydrogen) atoms. The third-order valence-electron chi connectivity index (χ3n) is 2.42. The van der Waals surface area contributed by atoms with Gasteiger partial charge in [-0.15, -0.1) is 0 Å². The Labute approximate surface area is 85.8 Å². The highest BCUT2D eigenvalue weighted by molar-refractivity contribution is 9.10. The molecule has 5 heteroatoms. The number of halogens is 1. The minimum atomic E-state index is 0.696. The van der Waals surface area contributed by atoms with Crippen molar-refractivity contribution in [1.82, 2.24) is 9.78 Å². The molecule has 2 N–H and O–H groups in total. The number of aryl methyl sites for hydroxylation is 1. The molecule has 2 rings (SSSR count). The van der Waals surface area contributed by atoms with Crippen LogP contribution in [0, 0.1) is 0 Å². The van der Waals surface area contributed by atoms with E-state index in [1.54, 1.807) is 4.68 Å². The van der Waals surface area contributed by atoms with Crippen molar-refractivity contribution in [3.63, 3.8) is 0 Å². The summed E-state index contributed by atoms with van der Waals surface area (Å²) >= 11 is 3.46. The summed E-state index contributed by atoms with van der Waals surface area (Å²) in [6, 6.07) is 0. The summed E-state index contributed by atoms with van der Waals surface area (Å²) < 4.78 is 2.63. The van der Waals surface area contributed by atoms with Crippen LogP contribution in [0.4, 0.5) is 11.6 Å². The van der Waals surface area contributed by atoms with E-state index in [0.29, 0.717) is 5.82 Å². The summed E-state index contributed by atoms with van der Waals surface area (Å²) in [5.41, 5.74) is 5.80. The summed E-state index contributed by atoms with van der Waals surface area (Å²) in [6.45, 7) is 2.18. The highest BCUT2D eigenvalue weighted by Crippen LogP contribution is 2.31. The molecule has 2 heterocycles. The molecule has 1 aliphatic rings. The van der Waals surface area contributed by atoms with Crippen LogP contribution in [0.25, 0.3) is 0 Å². The maximum absolute atomic E-state index is 5.80. The van der Waals surface area contributed by atoms with E-state index in [1.165, 1.54) is 12.8 Å². The van der Waals surface area contributed by atoms with Crippen molar-refractivity contribution < 1.29 is 0 Å². The molecule has 0 aromatic carbocycles. The first-order valence-electron chi connectivity index (χ1n) is 4.43. The topological polar surface area (TPSA) is 47.1 Å². The zero-order valence-corrected chi connectivity index (χ0v) is 9.21. The summed E-state index contributed by atoms with van der Waals surface area (Å²) in [6.07, 6.45) is 2.51. The molecule has 1 aromatic rings. The maximum Gasteiger partial charge on any atom is 0.167 e. The van der Waals surface area contributed by atoms with Gasteiger partial charge in [-0.2, -0.15) is 5.10 Å². The van der Waals surface area contributed by atoms with Crippen molar-refractivity contribution in [2.45, 2.75) is 12.8 Å². The minimum absolute atomic E-state index is 0.696. The molecular weight excluding hydrogens is 232 g/mol. The number of anilines is 2. The average Bonchev–Trinajstić information content (AvgIpc) is 2.70. The lowest BCUT2D eigenvalue weighted by atomic mass is 10.4.